The van der Waals surface area contributed by atoms with Crippen LogP contribution in [0.4, 0.5) is 0 Å². The predicted molar refractivity (Wildman–Crippen MR) is 184 cm³/mol. The van der Waals surface area contributed by atoms with E-state index in [-0.39, 0.29) is 21.5 Å². The monoisotopic (exact) mass is 701 g/mol. The first kappa shape index (κ1) is 30.8. The van der Waals surface area contributed by atoms with E-state index in [2.05, 4.69) is 119 Å². The average molecular weight is 702 g/mol. The summed E-state index contributed by atoms with van der Waals surface area (Å²) >= 11 is 2.89. The maximum Gasteiger partial charge on any atom is 0.338 e. The van der Waals surface area contributed by atoms with E-state index in [0.29, 0.717) is 18.1 Å². The van der Waals surface area contributed by atoms with E-state index in [4.69, 9.17) is 9.47 Å². The fraction of sp³-hybridized carbons (Fsp3) is 0.342. The molecule has 1 N–H and O–H groups in total. The van der Waals surface area contributed by atoms with Crippen LogP contribution in [0.5, 0.6) is 5.75 Å². The first-order valence-corrected chi connectivity index (χ1v) is 16.8. The number of hydrogen-bond acceptors (Lipinski definition) is 4. The number of hydrogen-bond donors (Lipinski definition) is 1. The first-order chi connectivity index (χ1) is 21.5. The summed E-state index contributed by atoms with van der Waals surface area (Å²) in [6.07, 6.45) is 2.37. The zero-order chi connectivity index (χ0) is 30.6. The van der Waals surface area contributed by atoms with Crippen LogP contribution < -0.4 is 10.1 Å². The van der Waals surface area contributed by atoms with E-state index >= 15 is 0 Å². The number of quaternary nitrogens is 1. The summed E-state index contributed by atoms with van der Waals surface area (Å²) in [6, 6.07) is 38.9. The van der Waals surface area contributed by atoms with Crippen LogP contribution in [0.25, 0.3) is 0 Å². The summed E-state index contributed by atoms with van der Waals surface area (Å²) in [5, 5.41) is 4.14. The Labute approximate surface area is 275 Å². The van der Waals surface area contributed by atoms with Crippen molar-refractivity contribution in [3.63, 3.8) is 0 Å². The normalized spacial score (nSPS) is 24.3. The summed E-state index contributed by atoms with van der Waals surface area (Å²) in [5.74, 6) is 1.40. The maximum absolute atomic E-state index is 12.4. The van der Waals surface area contributed by atoms with Crippen molar-refractivity contribution in [2.24, 2.45) is 5.92 Å². The third-order valence-corrected chi connectivity index (χ3v) is 12.1. The van der Waals surface area contributed by atoms with Gasteiger partial charge in [-0.05, 0) is 64.8 Å². The number of halogens is 1. The lowest BCUT2D eigenvalue weighted by molar-refractivity contribution is -0.985. The number of rotatable bonds is 11. The number of esters is 1. The van der Waals surface area contributed by atoms with Crippen molar-refractivity contribution in [2.45, 2.75) is 48.4 Å². The van der Waals surface area contributed by atoms with Gasteiger partial charge in [-0.15, -0.1) is 0 Å². The number of methoxy groups -OCH3 is 1. The highest BCUT2D eigenvalue weighted by atomic mass is 127. The van der Waals surface area contributed by atoms with Crippen LogP contribution in [0.15, 0.2) is 109 Å². The fourth-order valence-corrected chi connectivity index (χ4v) is 9.86. The average Bonchev–Trinajstić information content (AvgIpc) is 3.07. The Balaban J connectivity index is 1.45. The van der Waals surface area contributed by atoms with Gasteiger partial charge in [-0.1, -0.05) is 91.0 Å². The molecule has 3 aliphatic heterocycles. The zero-order valence-electron chi connectivity index (χ0n) is 25.6. The Kier molecular flexibility index (Phi) is 9.40. The van der Waals surface area contributed by atoms with E-state index < -0.39 is 0 Å². The van der Waals surface area contributed by atoms with E-state index in [1.165, 1.54) is 35.1 Å². The molecule has 3 heterocycles. The van der Waals surface area contributed by atoms with Gasteiger partial charge in [0.25, 0.3) is 0 Å². The van der Waals surface area contributed by atoms with Gasteiger partial charge in [0, 0.05) is 30.5 Å². The Bertz CT molecular complexity index is 1500. The van der Waals surface area contributed by atoms with Crippen LogP contribution in [0.1, 0.15) is 58.3 Å². The standard InChI is InChI=1S/C38H42IN2O3/c1-3-44-37(42)32-20-18-28(19-21-32)27-41-24-22-31(23-25-41)36(40-26-33-16-10-11-17-34(33)43-2)38(41,39)35(29-12-6-4-7-13-29)30-14-8-5-9-15-30/h4-21,31,35-36,40H,3,22-27H2,1-2H3/q+1/t31-,36-,38+,41+/m0/s1. The van der Waals surface area contributed by atoms with Gasteiger partial charge in [-0.3, -0.25) is 0 Å². The van der Waals surface area contributed by atoms with E-state index in [1.807, 2.05) is 25.1 Å². The van der Waals surface area contributed by atoms with Crippen molar-refractivity contribution in [1.82, 2.24) is 5.32 Å². The summed E-state index contributed by atoms with van der Waals surface area (Å²) in [5.41, 5.74) is 5.74. The molecule has 2 atom stereocenters. The van der Waals surface area contributed by atoms with Gasteiger partial charge in [-0.25, -0.2) is 4.79 Å². The lowest BCUT2D eigenvalue weighted by Gasteiger charge is -2.65. The van der Waals surface area contributed by atoms with Gasteiger partial charge >= 0.3 is 5.97 Å². The van der Waals surface area contributed by atoms with E-state index in [9.17, 15) is 4.79 Å². The number of ether oxygens (including phenoxy) is 2. The Morgan fingerprint density at radius 1 is 0.886 bits per heavy atom. The molecule has 0 unspecified atom stereocenters. The Hall–Kier alpha value is -3.20. The van der Waals surface area contributed by atoms with Gasteiger partial charge in [0.15, 0.2) is 3.55 Å². The second kappa shape index (κ2) is 13.4. The molecule has 228 valence electrons. The lowest BCUT2D eigenvalue weighted by atomic mass is 9.68. The van der Waals surface area contributed by atoms with Crippen molar-refractivity contribution in [1.29, 1.82) is 0 Å². The molecule has 0 aliphatic carbocycles. The number of carbonyl (C=O) groups excluding carboxylic acids is 1. The van der Waals surface area contributed by atoms with Gasteiger partial charge < -0.3 is 19.3 Å². The minimum absolute atomic E-state index is 0.169. The summed E-state index contributed by atoms with van der Waals surface area (Å²) in [4.78, 5) is 12.4. The van der Waals surface area contributed by atoms with Crippen molar-refractivity contribution in [3.8, 4) is 5.75 Å². The first-order valence-electron chi connectivity index (χ1n) is 15.8. The minimum Gasteiger partial charge on any atom is -0.496 e. The summed E-state index contributed by atoms with van der Waals surface area (Å²) < 4.78 is 11.8. The molecular formula is C38H42IN2O3+. The quantitative estimate of drug-likeness (QED) is 0.0572. The van der Waals surface area contributed by atoms with Crippen molar-refractivity contribution in [3.05, 3.63) is 137 Å². The molecule has 6 heteroatoms. The van der Waals surface area contributed by atoms with Gasteiger partial charge in [0.2, 0.25) is 0 Å². The van der Waals surface area contributed by atoms with Crippen molar-refractivity contribution >= 4 is 28.6 Å². The minimum atomic E-state index is -0.262. The molecule has 0 saturated carbocycles. The molecule has 5 nitrogen and oxygen atoms in total. The second-order valence-corrected chi connectivity index (χ2v) is 13.9. The molecule has 2 bridgehead atoms. The lowest BCUT2D eigenvalue weighted by Crippen LogP contribution is -2.78. The number of piperidine rings is 3. The Morgan fingerprint density at radius 3 is 2.07 bits per heavy atom. The molecule has 4 aromatic carbocycles. The third-order valence-electron chi connectivity index (χ3n) is 9.82. The predicted octanol–water partition coefficient (Wildman–Crippen LogP) is 7.73. The molecule has 4 aromatic rings. The van der Waals surface area contributed by atoms with E-state index in [1.54, 1.807) is 7.11 Å². The molecule has 0 aromatic heterocycles. The molecule has 0 radical (unpaired) electrons. The number of fused-ring (bicyclic) bond motifs is 3. The van der Waals surface area contributed by atoms with Crippen LogP contribution >= 0.6 is 22.6 Å². The van der Waals surface area contributed by atoms with Gasteiger partial charge in [0.05, 0.1) is 44.3 Å². The summed E-state index contributed by atoms with van der Waals surface area (Å²) in [6.45, 7) is 6.12. The highest BCUT2D eigenvalue weighted by molar-refractivity contribution is 14.1. The number of nitrogens with one attached hydrogen (secondary N) is 1. The number of para-hydroxylation sites is 1. The molecular weight excluding hydrogens is 659 g/mol. The SMILES string of the molecule is CCOC(=O)c1ccc(C[N@+]23CC[C@H](CC2)[C@H](NCc2ccccc2OC)[C@@]3(I)C(c2ccccc2)c2ccccc2)cc1. The molecule has 7 rings (SSSR count). The second-order valence-electron chi connectivity index (χ2n) is 12.2. The smallest absolute Gasteiger partial charge is 0.338 e. The van der Waals surface area contributed by atoms with Crippen LogP contribution in [-0.4, -0.2) is 46.8 Å². The van der Waals surface area contributed by atoms with Crippen LogP contribution in [0.2, 0.25) is 0 Å². The van der Waals surface area contributed by atoms with E-state index in [0.717, 1.165) is 36.4 Å². The number of carbonyl (C=O) groups is 1. The van der Waals surface area contributed by atoms with Crippen molar-refractivity contribution < 1.29 is 18.8 Å². The molecule has 3 fully saturated rings. The highest BCUT2D eigenvalue weighted by Crippen LogP contribution is 2.58. The van der Waals surface area contributed by atoms with Crippen LogP contribution in [0, 0.1) is 5.92 Å². The van der Waals surface area contributed by atoms with Crippen LogP contribution in [-0.2, 0) is 17.8 Å². The molecule has 3 saturated heterocycles. The van der Waals surface area contributed by atoms with Gasteiger partial charge in [-0.2, -0.15) is 0 Å². The molecule has 44 heavy (non-hydrogen) atoms. The number of nitrogens with zero attached hydrogens (tertiary/aromatic N) is 1. The van der Waals surface area contributed by atoms with Gasteiger partial charge in [0.1, 0.15) is 12.3 Å². The third kappa shape index (κ3) is 5.80. The molecule has 0 spiro atoms. The highest BCUT2D eigenvalue weighted by Gasteiger charge is 2.66. The number of benzene rings is 4. The van der Waals surface area contributed by atoms with Crippen molar-refractivity contribution in [2.75, 3.05) is 26.8 Å². The molecule has 0 amide bonds. The van der Waals surface area contributed by atoms with Crippen LogP contribution in [0.3, 0.4) is 0 Å². The Morgan fingerprint density at radius 2 is 1.48 bits per heavy atom. The zero-order valence-corrected chi connectivity index (χ0v) is 27.8. The summed E-state index contributed by atoms with van der Waals surface area (Å²) in [7, 11) is 1.75. The maximum atomic E-state index is 12.4. The molecule has 3 aliphatic rings. The largest absolute Gasteiger partial charge is 0.496 e. The topological polar surface area (TPSA) is 47.6 Å². The number of alkyl halides is 1. The fourth-order valence-electron chi connectivity index (χ4n) is 7.76.